The van der Waals surface area contributed by atoms with E-state index < -0.39 is 16.0 Å². The van der Waals surface area contributed by atoms with Crippen molar-refractivity contribution in [2.75, 3.05) is 26.1 Å². The molecule has 0 unspecified atom stereocenters. The van der Waals surface area contributed by atoms with Crippen LogP contribution < -0.4 is 14.2 Å². The van der Waals surface area contributed by atoms with Crippen LogP contribution in [-0.2, 0) is 19.6 Å². The van der Waals surface area contributed by atoms with Gasteiger partial charge in [0.05, 0.1) is 27.0 Å². The SMILES string of the molecule is COC(=O)/C=C/c1cc(OC)c(OC)c(S(=O)(=O)Nc2cc(Cl)cc(Cl)c2)c1. The Balaban J connectivity index is 2.56. The number of methoxy groups -OCH3 is 3. The van der Waals surface area contributed by atoms with E-state index >= 15 is 0 Å². The molecular weight excluding hydrogens is 429 g/mol. The normalized spacial score (nSPS) is 11.3. The van der Waals surface area contributed by atoms with Crippen molar-refractivity contribution in [3.8, 4) is 11.5 Å². The van der Waals surface area contributed by atoms with E-state index in [1.165, 1.54) is 57.7 Å². The predicted octanol–water partition coefficient (Wildman–Crippen LogP) is 4.00. The summed E-state index contributed by atoms with van der Waals surface area (Å²) >= 11 is 11.8. The third-order valence-corrected chi connectivity index (χ3v) is 5.31. The van der Waals surface area contributed by atoms with Crippen molar-refractivity contribution in [1.82, 2.24) is 0 Å². The summed E-state index contributed by atoms with van der Waals surface area (Å²) in [4.78, 5) is 11.1. The molecule has 0 fully saturated rings. The summed E-state index contributed by atoms with van der Waals surface area (Å²) in [6.45, 7) is 0. The number of carbonyl (C=O) groups excluding carboxylic acids is 1. The van der Waals surface area contributed by atoms with Crippen LogP contribution in [0.5, 0.6) is 11.5 Å². The van der Waals surface area contributed by atoms with Gasteiger partial charge < -0.3 is 14.2 Å². The number of ether oxygens (including phenoxy) is 3. The standard InChI is InChI=1S/C18H17Cl2NO6S/c1-25-15-6-11(4-5-17(22)26-2)7-16(18(15)27-3)28(23,24)21-14-9-12(19)8-13(20)10-14/h4-10,21H,1-3H3/b5-4+. The molecule has 2 aromatic carbocycles. The number of rotatable bonds is 7. The Hall–Kier alpha value is -2.42. The van der Waals surface area contributed by atoms with E-state index in [-0.39, 0.29) is 32.1 Å². The van der Waals surface area contributed by atoms with E-state index in [0.29, 0.717) is 5.56 Å². The van der Waals surface area contributed by atoms with Crippen LogP contribution in [0.4, 0.5) is 5.69 Å². The van der Waals surface area contributed by atoms with Gasteiger partial charge in [-0.2, -0.15) is 0 Å². The second-order valence-electron chi connectivity index (χ2n) is 5.37. The molecule has 0 aliphatic heterocycles. The van der Waals surface area contributed by atoms with Crippen molar-refractivity contribution < 1.29 is 27.4 Å². The molecule has 0 amide bonds. The van der Waals surface area contributed by atoms with Gasteiger partial charge in [0.1, 0.15) is 4.90 Å². The molecule has 7 nitrogen and oxygen atoms in total. The number of nitrogens with one attached hydrogen (secondary N) is 1. The lowest BCUT2D eigenvalue weighted by molar-refractivity contribution is -0.134. The highest BCUT2D eigenvalue weighted by molar-refractivity contribution is 7.92. The molecule has 0 heterocycles. The largest absolute Gasteiger partial charge is 0.493 e. The average molecular weight is 446 g/mol. The lowest BCUT2D eigenvalue weighted by Crippen LogP contribution is -2.15. The molecule has 1 N–H and O–H groups in total. The van der Waals surface area contributed by atoms with Crippen LogP contribution in [0.25, 0.3) is 6.08 Å². The summed E-state index contributed by atoms with van der Waals surface area (Å²) in [6.07, 6.45) is 2.55. The Morgan fingerprint density at radius 1 is 1.00 bits per heavy atom. The molecule has 0 spiro atoms. The number of carbonyl (C=O) groups is 1. The van der Waals surface area contributed by atoms with Crippen molar-refractivity contribution in [2.24, 2.45) is 0 Å². The second kappa shape index (κ2) is 9.18. The minimum atomic E-state index is -4.11. The first-order valence-corrected chi connectivity index (χ1v) is 9.95. The summed E-state index contributed by atoms with van der Waals surface area (Å²) in [5.74, 6) is -0.428. The van der Waals surface area contributed by atoms with Crippen molar-refractivity contribution in [3.63, 3.8) is 0 Å². The zero-order valence-electron chi connectivity index (χ0n) is 15.2. The number of halogens is 2. The first kappa shape index (κ1) is 21.9. The highest BCUT2D eigenvalue weighted by Gasteiger charge is 2.24. The molecule has 10 heteroatoms. The third kappa shape index (κ3) is 5.31. The first-order chi connectivity index (χ1) is 13.2. The molecule has 0 aliphatic rings. The Morgan fingerprint density at radius 2 is 1.64 bits per heavy atom. The van der Waals surface area contributed by atoms with Gasteiger partial charge in [0.15, 0.2) is 11.5 Å². The molecule has 0 saturated carbocycles. The van der Waals surface area contributed by atoms with Gasteiger partial charge in [-0.15, -0.1) is 0 Å². The fourth-order valence-electron chi connectivity index (χ4n) is 2.30. The van der Waals surface area contributed by atoms with Crippen molar-refractivity contribution in [2.45, 2.75) is 4.90 Å². The lowest BCUT2D eigenvalue weighted by Gasteiger charge is -2.16. The van der Waals surface area contributed by atoms with Crippen LogP contribution in [-0.4, -0.2) is 35.7 Å². The zero-order valence-corrected chi connectivity index (χ0v) is 17.5. The van der Waals surface area contributed by atoms with Crippen LogP contribution in [0.2, 0.25) is 10.0 Å². The van der Waals surface area contributed by atoms with Gasteiger partial charge in [-0.3, -0.25) is 4.72 Å². The highest BCUT2D eigenvalue weighted by Crippen LogP contribution is 2.37. The maximum Gasteiger partial charge on any atom is 0.330 e. The molecule has 0 aromatic heterocycles. The summed E-state index contributed by atoms with van der Waals surface area (Å²) in [7, 11) is -0.194. The van der Waals surface area contributed by atoms with Crippen molar-refractivity contribution in [3.05, 3.63) is 52.0 Å². The molecule has 0 radical (unpaired) electrons. The number of hydrogen-bond donors (Lipinski definition) is 1. The van der Waals surface area contributed by atoms with Gasteiger partial charge in [-0.25, -0.2) is 13.2 Å². The number of anilines is 1. The van der Waals surface area contributed by atoms with Crippen LogP contribution >= 0.6 is 23.2 Å². The molecule has 0 atom stereocenters. The molecule has 0 aliphatic carbocycles. The van der Waals surface area contributed by atoms with E-state index in [1.807, 2.05) is 0 Å². The summed E-state index contributed by atoms with van der Waals surface area (Å²) in [6, 6.07) is 7.15. The summed E-state index contributed by atoms with van der Waals surface area (Å²) in [5.41, 5.74) is 0.557. The second-order valence-corrected chi connectivity index (χ2v) is 7.90. The minimum absolute atomic E-state index is 0.00153. The quantitative estimate of drug-likeness (QED) is 0.511. The fourth-order valence-corrected chi connectivity index (χ4v) is 4.08. The van der Waals surface area contributed by atoms with E-state index in [4.69, 9.17) is 32.7 Å². The fraction of sp³-hybridized carbons (Fsp3) is 0.167. The average Bonchev–Trinajstić information content (AvgIpc) is 2.63. The molecule has 2 rings (SSSR count). The van der Waals surface area contributed by atoms with Gasteiger partial charge in [0.2, 0.25) is 0 Å². The molecule has 150 valence electrons. The maximum absolute atomic E-state index is 13.0. The lowest BCUT2D eigenvalue weighted by atomic mass is 10.2. The van der Waals surface area contributed by atoms with Crippen molar-refractivity contribution >= 4 is 51.0 Å². The number of benzene rings is 2. The minimum Gasteiger partial charge on any atom is -0.493 e. The van der Waals surface area contributed by atoms with Crippen LogP contribution in [0.1, 0.15) is 5.56 Å². The molecule has 2 aromatic rings. The molecule has 0 saturated heterocycles. The third-order valence-electron chi connectivity index (χ3n) is 3.48. The monoisotopic (exact) mass is 445 g/mol. The van der Waals surface area contributed by atoms with E-state index in [9.17, 15) is 13.2 Å². The van der Waals surface area contributed by atoms with Crippen LogP contribution in [0.15, 0.2) is 41.3 Å². The number of hydrogen-bond acceptors (Lipinski definition) is 6. The summed E-state index contributed by atoms with van der Waals surface area (Å²) in [5, 5.41) is 0.536. The van der Waals surface area contributed by atoms with E-state index in [2.05, 4.69) is 9.46 Å². The predicted molar refractivity (Wildman–Crippen MR) is 108 cm³/mol. The van der Waals surface area contributed by atoms with Gasteiger partial charge in [-0.05, 0) is 42.0 Å². The molecular formula is C18H17Cl2NO6S. The van der Waals surface area contributed by atoms with E-state index in [1.54, 1.807) is 0 Å². The van der Waals surface area contributed by atoms with Gasteiger partial charge in [0.25, 0.3) is 10.0 Å². The number of esters is 1. The zero-order chi connectivity index (χ0) is 20.9. The Labute approximate surface area is 172 Å². The maximum atomic E-state index is 13.0. The topological polar surface area (TPSA) is 90.9 Å². The Morgan fingerprint density at radius 3 is 2.18 bits per heavy atom. The van der Waals surface area contributed by atoms with Gasteiger partial charge in [0, 0.05) is 16.1 Å². The van der Waals surface area contributed by atoms with Gasteiger partial charge in [-0.1, -0.05) is 23.2 Å². The van der Waals surface area contributed by atoms with Gasteiger partial charge >= 0.3 is 5.97 Å². The summed E-state index contributed by atoms with van der Waals surface area (Å²) < 4.78 is 43.3. The Bertz CT molecular complexity index is 1000. The first-order valence-electron chi connectivity index (χ1n) is 7.71. The van der Waals surface area contributed by atoms with E-state index in [0.717, 1.165) is 6.08 Å². The highest BCUT2D eigenvalue weighted by atomic mass is 35.5. The smallest absolute Gasteiger partial charge is 0.330 e. The van der Waals surface area contributed by atoms with Crippen LogP contribution in [0, 0.1) is 0 Å². The van der Waals surface area contributed by atoms with Crippen molar-refractivity contribution in [1.29, 1.82) is 0 Å². The van der Waals surface area contributed by atoms with Crippen LogP contribution in [0.3, 0.4) is 0 Å². The molecule has 0 bridgehead atoms. The number of sulfonamides is 1. The Kier molecular flexibility index (Phi) is 7.17. The molecule has 28 heavy (non-hydrogen) atoms.